The summed E-state index contributed by atoms with van der Waals surface area (Å²) >= 11 is 0. The molecule has 184 valence electrons. The van der Waals surface area contributed by atoms with Crippen molar-refractivity contribution in [1.29, 1.82) is 0 Å². The Kier molecular flexibility index (Phi) is 6.76. The number of nitrogens with zero attached hydrogens (tertiary/aromatic N) is 2. The van der Waals surface area contributed by atoms with Crippen LogP contribution in [-0.4, -0.2) is 22.0 Å². The standard InChI is InChI=1S/C28H22N4O5/c1-18-7-5-6-10-23(18)28-32-31-27(37-28)20-13-11-19(12-14-20)25(33)29-30-26(34)24-16-15-22(36-24)17-35-21-8-3-2-4-9-21/h2-16H,17H2,1H3,(H,29,33)(H,30,34). The number of para-hydroxylation sites is 1. The molecular formula is C28H22N4O5. The highest BCUT2D eigenvalue weighted by Gasteiger charge is 2.15. The van der Waals surface area contributed by atoms with Gasteiger partial charge in [-0.25, -0.2) is 0 Å². The molecule has 2 amide bonds. The van der Waals surface area contributed by atoms with Crippen LogP contribution in [0.25, 0.3) is 22.9 Å². The van der Waals surface area contributed by atoms with E-state index in [1.807, 2.05) is 61.5 Å². The Labute approximate surface area is 212 Å². The monoisotopic (exact) mass is 494 g/mol. The largest absolute Gasteiger partial charge is 0.486 e. The summed E-state index contributed by atoms with van der Waals surface area (Å²) < 4.78 is 16.9. The van der Waals surface area contributed by atoms with Gasteiger partial charge in [-0.3, -0.25) is 20.4 Å². The molecule has 9 nitrogen and oxygen atoms in total. The number of hydrogen-bond acceptors (Lipinski definition) is 7. The summed E-state index contributed by atoms with van der Waals surface area (Å²) in [4.78, 5) is 24.9. The third-order valence-electron chi connectivity index (χ3n) is 5.49. The van der Waals surface area contributed by atoms with E-state index < -0.39 is 11.8 Å². The van der Waals surface area contributed by atoms with Crippen molar-refractivity contribution < 1.29 is 23.2 Å². The lowest BCUT2D eigenvalue weighted by molar-refractivity contribution is 0.0828. The van der Waals surface area contributed by atoms with Crippen LogP contribution in [0.3, 0.4) is 0 Å². The number of hydrogen-bond donors (Lipinski definition) is 2. The van der Waals surface area contributed by atoms with Crippen LogP contribution in [0.5, 0.6) is 5.75 Å². The molecule has 0 aliphatic carbocycles. The van der Waals surface area contributed by atoms with Crippen LogP contribution in [0.1, 0.15) is 32.2 Å². The third-order valence-corrected chi connectivity index (χ3v) is 5.49. The third kappa shape index (κ3) is 5.57. The van der Waals surface area contributed by atoms with E-state index in [2.05, 4.69) is 21.0 Å². The number of furan rings is 1. The molecule has 5 aromatic rings. The summed E-state index contributed by atoms with van der Waals surface area (Å²) in [5.41, 5.74) is 7.60. The molecule has 0 aliphatic heterocycles. The van der Waals surface area contributed by atoms with Crippen molar-refractivity contribution in [2.24, 2.45) is 0 Å². The van der Waals surface area contributed by atoms with Gasteiger partial charge in [0, 0.05) is 16.7 Å². The Morgan fingerprint density at radius 1 is 0.757 bits per heavy atom. The number of nitrogens with one attached hydrogen (secondary N) is 2. The molecular weight excluding hydrogens is 472 g/mol. The Hall–Kier alpha value is -5.18. The zero-order chi connectivity index (χ0) is 25.6. The van der Waals surface area contributed by atoms with E-state index in [-0.39, 0.29) is 12.4 Å². The molecule has 2 heterocycles. The number of carbonyl (C=O) groups is 2. The van der Waals surface area contributed by atoms with Gasteiger partial charge in [-0.05, 0) is 67.1 Å². The van der Waals surface area contributed by atoms with E-state index in [0.717, 1.165) is 11.1 Å². The van der Waals surface area contributed by atoms with Gasteiger partial charge in [-0.15, -0.1) is 10.2 Å². The fraction of sp³-hybridized carbons (Fsp3) is 0.0714. The van der Waals surface area contributed by atoms with Gasteiger partial charge in [0.15, 0.2) is 5.76 Å². The predicted octanol–water partition coefficient (Wildman–Crippen LogP) is 4.96. The molecule has 3 aromatic carbocycles. The highest BCUT2D eigenvalue weighted by molar-refractivity contribution is 5.98. The van der Waals surface area contributed by atoms with E-state index >= 15 is 0 Å². The fourth-order valence-electron chi connectivity index (χ4n) is 3.52. The number of aryl methyl sites for hydroxylation is 1. The minimum Gasteiger partial charge on any atom is -0.486 e. The topological polar surface area (TPSA) is 119 Å². The van der Waals surface area contributed by atoms with Gasteiger partial charge in [-0.1, -0.05) is 36.4 Å². The number of aromatic nitrogens is 2. The first kappa shape index (κ1) is 23.6. The maximum atomic E-state index is 12.5. The summed E-state index contributed by atoms with van der Waals surface area (Å²) in [6, 6.07) is 26.7. The van der Waals surface area contributed by atoms with Gasteiger partial charge in [0.25, 0.3) is 5.91 Å². The van der Waals surface area contributed by atoms with E-state index in [9.17, 15) is 9.59 Å². The van der Waals surface area contributed by atoms with Crippen molar-refractivity contribution in [3.05, 3.63) is 114 Å². The molecule has 0 atom stereocenters. The van der Waals surface area contributed by atoms with Crippen molar-refractivity contribution >= 4 is 11.8 Å². The summed E-state index contributed by atoms with van der Waals surface area (Å²) in [6.07, 6.45) is 0. The van der Waals surface area contributed by atoms with Crippen LogP contribution in [0.15, 0.2) is 99.8 Å². The normalized spacial score (nSPS) is 10.6. The maximum Gasteiger partial charge on any atom is 0.305 e. The number of benzene rings is 3. The second-order valence-electron chi connectivity index (χ2n) is 8.08. The molecule has 0 fully saturated rings. The van der Waals surface area contributed by atoms with Crippen molar-refractivity contribution in [2.75, 3.05) is 0 Å². The van der Waals surface area contributed by atoms with Crippen molar-refractivity contribution in [2.45, 2.75) is 13.5 Å². The second-order valence-corrected chi connectivity index (χ2v) is 8.08. The molecule has 0 bridgehead atoms. The molecule has 0 saturated heterocycles. The lowest BCUT2D eigenvalue weighted by Crippen LogP contribution is -2.41. The van der Waals surface area contributed by atoms with E-state index in [1.54, 1.807) is 30.3 Å². The molecule has 0 saturated carbocycles. The van der Waals surface area contributed by atoms with Crippen molar-refractivity contribution in [1.82, 2.24) is 21.0 Å². The average Bonchev–Trinajstić information content (AvgIpc) is 3.62. The molecule has 2 N–H and O–H groups in total. The smallest absolute Gasteiger partial charge is 0.305 e. The van der Waals surface area contributed by atoms with Gasteiger partial charge in [-0.2, -0.15) is 0 Å². The average molecular weight is 495 g/mol. The molecule has 37 heavy (non-hydrogen) atoms. The van der Waals surface area contributed by atoms with Crippen molar-refractivity contribution in [3.63, 3.8) is 0 Å². The van der Waals surface area contributed by atoms with Gasteiger partial charge in [0.05, 0.1) is 0 Å². The number of amides is 2. The molecule has 9 heteroatoms. The fourth-order valence-corrected chi connectivity index (χ4v) is 3.52. The summed E-state index contributed by atoms with van der Waals surface area (Å²) in [7, 11) is 0. The Balaban J connectivity index is 1.15. The van der Waals surface area contributed by atoms with Crippen LogP contribution >= 0.6 is 0 Å². The van der Waals surface area contributed by atoms with Crippen LogP contribution in [0, 0.1) is 6.92 Å². The van der Waals surface area contributed by atoms with Gasteiger partial charge in [0.2, 0.25) is 11.8 Å². The number of rotatable bonds is 7. The predicted molar refractivity (Wildman–Crippen MR) is 134 cm³/mol. The summed E-state index contributed by atoms with van der Waals surface area (Å²) in [5, 5.41) is 8.24. The molecule has 5 rings (SSSR count). The Morgan fingerprint density at radius 3 is 2.24 bits per heavy atom. The van der Waals surface area contributed by atoms with Crippen LogP contribution in [-0.2, 0) is 6.61 Å². The number of hydrazine groups is 1. The van der Waals surface area contributed by atoms with E-state index in [0.29, 0.717) is 34.4 Å². The maximum absolute atomic E-state index is 12.5. The molecule has 0 unspecified atom stereocenters. The minimum absolute atomic E-state index is 0.0446. The van der Waals surface area contributed by atoms with Gasteiger partial charge in [0.1, 0.15) is 18.1 Å². The SMILES string of the molecule is Cc1ccccc1-c1nnc(-c2ccc(C(=O)NNC(=O)c3ccc(COc4ccccc4)o3)cc2)o1. The van der Waals surface area contributed by atoms with E-state index in [4.69, 9.17) is 13.6 Å². The highest BCUT2D eigenvalue weighted by atomic mass is 16.5. The van der Waals surface area contributed by atoms with Gasteiger partial charge >= 0.3 is 5.91 Å². The van der Waals surface area contributed by atoms with Crippen molar-refractivity contribution in [3.8, 4) is 28.7 Å². The first-order valence-electron chi connectivity index (χ1n) is 11.4. The van der Waals surface area contributed by atoms with Crippen LogP contribution in [0.4, 0.5) is 0 Å². The number of carbonyl (C=O) groups excluding carboxylic acids is 2. The Morgan fingerprint density at radius 2 is 1.46 bits per heavy atom. The lowest BCUT2D eigenvalue weighted by Gasteiger charge is -2.06. The first-order valence-corrected chi connectivity index (χ1v) is 11.4. The van der Waals surface area contributed by atoms with Crippen LogP contribution in [0.2, 0.25) is 0 Å². The second kappa shape index (κ2) is 10.6. The highest BCUT2D eigenvalue weighted by Crippen LogP contribution is 2.26. The Bertz CT molecular complexity index is 1520. The molecule has 0 spiro atoms. The lowest BCUT2D eigenvalue weighted by atomic mass is 10.1. The molecule has 2 aromatic heterocycles. The zero-order valence-corrected chi connectivity index (χ0v) is 19.8. The quantitative estimate of drug-likeness (QED) is 0.307. The summed E-state index contributed by atoms with van der Waals surface area (Å²) in [5.74, 6) is 0.879. The van der Waals surface area contributed by atoms with E-state index in [1.165, 1.54) is 6.07 Å². The number of ether oxygens (including phenoxy) is 1. The van der Waals surface area contributed by atoms with Gasteiger partial charge < -0.3 is 13.6 Å². The zero-order valence-electron chi connectivity index (χ0n) is 19.8. The van der Waals surface area contributed by atoms with Crippen LogP contribution < -0.4 is 15.6 Å². The summed E-state index contributed by atoms with van der Waals surface area (Å²) in [6.45, 7) is 2.14. The minimum atomic E-state index is -0.592. The first-order chi connectivity index (χ1) is 18.1. The molecule has 0 aliphatic rings. The molecule has 0 radical (unpaired) electrons.